The number of ketones is 1. The summed E-state index contributed by atoms with van der Waals surface area (Å²) in [5.41, 5.74) is 3.17. The lowest BCUT2D eigenvalue weighted by Gasteiger charge is -2.06. The molecule has 25 heavy (non-hydrogen) atoms. The molecule has 0 spiro atoms. The van der Waals surface area contributed by atoms with Crippen LogP contribution in [0.25, 0.3) is 0 Å². The number of rotatable bonds is 6. The lowest BCUT2D eigenvalue weighted by Crippen LogP contribution is -2.15. The number of sulfone groups is 1. The number of nitrogens with zero attached hydrogens (tertiary/aromatic N) is 1. The van der Waals surface area contributed by atoms with E-state index in [1.165, 1.54) is 12.1 Å². The number of ether oxygens (including phenoxy) is 1. The minimum atomic E-state index is -3.13. The molecule has 134 valence electrons. The van der Waals surface area contributed by atoms with E-state index in [9.17, 15) is 18.0 Å². The first kappa shape index (κ1) is 18.9. The van der Waals surface area contributed by atoms with Crippen molar-refractivity contribution in [2.24, 2.45) is 7.05 Å². The van der Waals surface area contributed by atoms with E-state index < -0.39 is 15.8 Å². The Morgan fingerprint density at radius 2 is 1.72 bits per heavy atom. The van der Waals surface area contributed by atoms with Crippen molar-refractivity contribution < 1.29 is 22.7 Å². The van der Waals surface area contributed by atoms with Crippen LogP contribution in [0.2, 0.25) is 0 Å². The van der Waals surface area contributed by atoms with E-state index in [2.05, 4.69) is 0 Å². The summed E-state index contributed by atoms with van der Waals surface area (Å²) in [4.78, 5) is 24.3. The SMILES string of the molecule is Cc1cc(C(=O)COC(=O)c2ccc(CS(C)(=O)=O)cc2)c(C)n1C. The number of aromatic nitrogens is 1. The van der Waals surface area contributed by atoms with E-state index in [0.717, 1.165) is 17.6 Å². The number of hydrogen-bond donors (Lipinski definition) is 0. The summed E-state index contributed by atoms with van der Waals surface area (Å²) in [6, 6.07) is 7.87. The Hall–Kier alpha value is -2.41. The number of Topliss-reactive ketones (excluding diaryl/α,β-unsaturated/α-hetero) is 1. The second kappa shape index (κ2) is 7.23. The molecular formula is C18H21NO5S. The summed E-state index contributed by atoms with van der Waals surface area (Å²) in [7, 11) is -1.26. The van der Waals surface area contributed by atoms with Gasteiger partial charge < -0.3 is 9.30 Å². The van der Waals surface area contributed by atoms with Crippen molar-refractivity contribution in [3.05, 3.63) is 58.4 Å². The predicted octanol–water partition coefficient (Wildman–Crippen LogP) is 2.23. The molecule has 0 fully saturated rings. The fraction of sp³-hybridized carbons (Fsp3) is 0.333. The third-order valence-electron chi connectivity index (χ3n) is 4.03. The van der Waals surface area contributed by atoms with Gasteiger partial charge in [0.1, 0.15) is 0 Å². The first-order chi connectivity index (χ1) is 11.6. The number of esters is 1. The van der Waals surface area contributed by atoms with Gasteiger partial charge in [-0.1, -0.05) is 12.1 Å². The van der Waals surface area contributed by atoms with Crippen molar-refractivity contribution in [2.45, 2.75) is 19.6 Å². The Morgan fingerprint density at radius 3 is 2.20 bits per heavy atom. The summed E-state index contributed by atoms with van der Waals surface area (Å²) in [6.07, 6.45) is 1.15. The molecule has 0 amide bonds. The molecule has 0 N–H and O–H groups in total. The van der Waals surface area contributed by atoms with Gasteiger partial charge in [-0.2, -0.15) is 0 Å². The molecule has 0 unspecified atom stereocenters. The normalized spacial score (nSPS) is 11.4. The van der Waals surface area contributed by atoms with Crippen LogP contribution in [0, 0.1) is 13.8 Å². The molecule has 1 aromatic carbocycles. The fourth-order valence-electron chi connectivity index (χ4n) is 2.47. The van der Waals surface area contributed by atoms with Crippen LogP contribution in [0.15, 0.2) is 30.3 Å². The van der Waals surface area contributed by atoms with Crippen LogP contribution in [-0.4, -0.2) is 37.6 Å². The highest BCUT2D eigenvalue weighted by Gasteiger charge is 2.17. The summed E-state index contributed by atoms with van der Waals surface area (Å²) < 4.78 is 29.5. The molecule has 1 aromatic heterocycles. The fourth-order valence-corrected chi connectivity index (χ4v) is 3.27. The van der Waals surface area contributed by atoms with E-state index in [-0.39, 0.29) is 23.7 Å². The first-order valence-electron chi connectivity index (χ1n) is 7.68. The predicted molar refractivity (Wildman–Crippen MR) is 94.5 cm³/mol. The van der Waals surface area contributed by atoms with E-state index in [4.69, 9.17) is 4.74 Å². The van der Waals surface area contributed by atoms with Crippen LogP contribution < -0.4 is 0 Å². The maximum absolute atomic E-state index is 12.2. The average Bonchev–Trinajstić information content (AvgIpc) is 2.79. The molecule has 1 heterocycles. The largest absolute Gasteiger partial charge is 0.454 e. The molecule has 2 aromatic rings. The number of aryl methyl sites for hydroxylation is 1. The highest BCUT2D eigenvalue weighted by Crippen LogP contribution is 2.14. The molecule has 0 atom stereocenters. The van der Waals surface area contributed by atoms with Gasteiger partial charge >= 0.3 is 5.97 Å². The third kappa shape index (κ3) is 4.79. The van der Waals surface area contributed by atoms with Crippen molar-refractivity contribution >= 4 is 21.6 Å². The standard InChI is InChI=1S/C18H21NO5S/c1-12-9-16(13(2)19(12)3)17(20)10-24-18(21)15-7-5-14(6-8-15)11-25(4,22)23/h5-9H,10-11H2,1-4H3. The molecule has 0 bridgehead atoms. The molecule has 6 nitrogen and oxygen atoms in total. The van der Waals surface area contributed by atoms with Gasteiger partial charge in [0.05, 0.1) is 11.3 Å². The molecule has 0 radical (unpaired) electrons. The number of carbonyl (C=O) groups is 2. The highest BCUT2D eigenvalue weighted by molar-refractivity contribution is 7.89. The van der Waals surface area contributed by atoms with Gasteiger partial charge in [0.2, 0.25) is 5.78 Å². The Kier molecular flexibility index (Phi) is 5.47. The van der Waals surface area contributed by atoms with Gasteiger partial charge in [-0.3, -0.25) is 4.79 Å². The van der Waals surface area contributed by atoms with Crippen LogP contribution in [0.4, 0.5) is 0 Å². The first-order valence-corrected chi connectivity index (χ1v) is 9.74. The monoisotopic (exact) mass is 363 g/mol. The quantitative estimate of drug-likeness (QED) is 0.581. The van der Waals surface area contributed by atoms with E-state index in [1.807, 2.05) is 25.5 Å². The molecule has 0 aliphatic heterocycles. The summed E-state index contributed by atoms with van der Waals surface area (Å²) in [5.74, 6) is -0.971. The molecule has 0 aliphatic rings. The zero-order chi connectivity index (χ0) is 18.8. The van der Waals surface area contributed by atoms with E-state index in [0.29, 0.717) is 11.1 Å². The number of benzene rings is 1. The molecular weight excluding hydrogens is 342 g/mol. The van der Waals surface area contributed by atoms with Crippen molar-refractivity contribution in [1.29, 1.82) is 0 Å². The van der Waals surface area contributed by atoms with E-state index >= 15 is 0 Å². The van der Waals surface area contributed by atoms with Crippen molar-refractivity contribution in [2.75, 3.05) is 12.9 Å². The third-order valence-corrected chi connectivity index (χ3v) is 4.89. The Bertz CT molecular complexity index is 908. The van der Waals surface area contributed by atoms with Gasteiger partial charge in [0, 0.05) is 30.3 Å². The molecule has 7 heteroatoms. The van der Waals surface area contributed by atoms with Crippen molar-refractivity contribution in [3.63, 3.8) is 0 Å². The van der Waals surface area contributed by atoms with Crippen LogP contribution >= 0.6 is 0 Å². The summed E-state index contributed by atoms with van der Waals surface area (Å²) in [6.45, 7) is 3.39. The van der Waals surface area contributed by atoms with Gasteiger partial charge in [-0.05, 0) is 37.6 Å². The van der Waals surface area contributed by atoms with Gasteiger partial charge in [-0.15, -0.1) is 0 Å². The average molecular weight is 363 g/mol. The lowest BCUT2D eigenvalue weighted by molar-refractivity contribution is 0.0474. The molecule has 0 saturated heterocycles. The zero-order valence-electron chi connectivity index (χ0n) is 14.7. The van der Waals surface area contributed by atoms with Crippen molar-refractivity contribution in [3.8, 4) is 0 Å². The van der Waals surface area contributed by atoms with Crippen LogP contribution in [0.3, 0.4) is 0 Å². The van der Waals surface area contributed by atoms with Gasteiger partial charge in [-0.25, -0.2) is 13.2 Å². The summed E-state index contributed by atoms with van der Waals surface area (Å²) in [5, 5.41) is 0. The zero-order valence-corrected chi connectivity index (χ0v) is 15.5. The Balaban J connectivity index is 2.00. The minimum absolute atomic E-state index is 0.0898. The topological polar surface area (TPSA) is 82.4 Å². The number of hydrogen-bond acceptors (Lipinski definition) is 5. The maximum Gasteiger partial charge on any atom is 0.338 e. The molecule has 2 rings (SSSR count). The molecule has 0 aliphatic carbocycles. The van der Waals surface area contributed by atoms with Gasteiger partial charge in [0.25, 0.3) is 0 Å². The van der Waals surface area contributed by atoms with E-state index in [1.54, 1.807) is 18.2 Å². The Morgan fingerprint density at radius 1 is 1.12 bits per heavy atom. The van der Waals surface area contributed by atoms with Crippen LogP contribution in [0.1, 0.15) is 37.7 Å². The van der Waals surface area contributed by atoms with Crippen LogP contribution in [0.5, 0.6) is 0 Å². The highest BCUT2D eigenvalue weighted by atomic mass is 32.2. The van der Waals surface area contributed by atoms with Crippen molar-refractivity contribution in [1.82, 2.24) is 4.57 Å². The minimum Gasteiger partial charge on any atom is -0.454 e. The lowest BCUT2D eigenvalue weighted by atomic mass is 10.1. The smallest absolute Gasteiger partial charge is 0.338 e. The summed E-state index contributed by atoms with van der Waals surface area (Å²) >= 11 is 0. The van der Waals surface area contributed by atoms with Gasteiger partial charge in [0.15, 0.2) is 16.4 Å². The second-order valence-electron chi connectivity index (χ2n) is 6.11. The number of carbonyl (C=O) groups excluding carboxylic acids is 2. The Labute approximate surface area is 147 Å². The maximum atomic E-state index is 12.2. The molecule has 0 saturated carbocycles. The second-order valence-corrected chi connectivity index (χ2v) is 8.25. The van der Waals surface area contributed by atoms with Crippen LogP contribution in [-0.2, 0) is 27.4 Å².